The molecule has 0 aromatic heterocycles. The van der Waals surface area contributed by atoms with Gasteiger partial charge in [-0.15, -0.1) is 0 Å². The van der Waals surface area contributed by atoms with E-state index < -0.39 is 24.0 Å². The zero-order valence-corrected chi connectivity index (χ0v) is 17.9. The van der Waals surface area contributed by atoms with Crippen LogP contribution in [0.3, 0.4) is 0 Å². The standard InChI is InChI=1S/C24H27N3O5/c1-17(28)22(24(30)26-31)25-23(29)21-10-8-19(9-11-21)3-2-18-4-6-20(7-5-18)16-27-12-14-32-15-13-27/h4-11,17,22,28,31H,12-16H2,1H3,(H,25,29)(H,26,30)/t17-,22?/m1/s1. The SMILES string of the molecule is C[C@@H](O)C(NC(=O)c1ccc(C#Cc2ccc(CN3CCOCC3)cc2)cc1)C(=O)NO. The summed E-state index contributed by atoms with van der Waals surface area (Å²) < 4.78 is 5.37. The van der Waals surface area contributed by atoms with Crippen molar-refractivity contribution in [1.29, 1.82) is 0 Å². The molecular weight excluding hydrogens is 410 g/mol. The molecular formula is C24H27N3O5. The summed E-state index contributed by atoms with van der Waals surface area (Å²) in [5.41, 5.74) is 4.60. The predicted octanol–water partition coefficient (Wildman–Crippen LogP) is 0.903. The van der Waals surface area contributed by atoms with E-state index in [4.69, 9.17) is 9.94 Å². The molecule has 2 aromatic carbocycles. The molecule has 2 amide bonds. The fourth-order valence-electron chi connectivity index (χ4n) is 3.26. The number of amides is 2. The number of hydrogen-bond acceptors (Lipinski definition) is 6. The van der Waals surface area contributed by atoms with Crippen LogP contribution in [-0.4, -0.2) is 65.5 Å². The molecule has 8 heteroatoms. The molecule has 1 unspecified atom stereocenters. The van der Waals surface area contributed by atoms with Crippen molar-refractivity contribution in [1.82, 2.24) is 15.7 Å². The summed E-state index contributed by atoms with van der Waals surface area (Å²) in [7, 11) is 0. The highest BCUT2D eigenvalue weighted by atomic mass is 16.5. The molecule has 168 valence electrons. The average Bonchev–Trinajstić information content (AvgIpc) is 2.82. The summed E-state index contributed by atoms with van der Waals surface area (Å²) in [6.07, 6.45) is -1.17. The quantitative estimate of drug-likeness (QED) is 0.304. The predicted molar refractivity (Wildman–Crippen MR) is 118 cm³/mol. The second-order valence-corrected chi connectivity index (χ2v) is 7.58. The number of aliphatic hydroxyl groups excluding tert-OH is 1. The van der Waals surface area contributed by atoms with E-state index in [0.29, 0.717) is 5.56 Å². The van der Waals surface area contributed by atoms with E-state index >= 15 is 0 Å². The Bertz CT molecular complexity index is 971. The lowest BCUT2D eigenvalue weighted by molar-refractivity contribution is -0.133. The van der Waals surface area contributed by atoms with Gasteiger partial charge in [0.2, 0.25) is 0 Å². The van der Waals surface area contributed by atoms with Crippen LogP contribution in [0.5, 0.6) is 0 Å². The molecule has 8 nitrogen and oxygen atoms in total. The number of aliphatic hydroxyl groups is 1. The average molecular weight is 437 g/mol. The van der Waals surface area contributed by atoms with Crippen molar-refractivity contribution in [2.24, 2.45) is 0 Å². The summed E-state index contributed by atoms with van der Waals surface area (Å²) in [5, 5.41) is 20.7. The number of hydrogen-bond donors (Lipinski definition) is 4. The van der Waals surface area contributed by atoms with Crippen molar-refractivity contribution in [2.75, 3.05) is 26.3 Å². The van der Waals surface area contributed by atoms with Gasteiger partial charge in [0.05, 0.1) is 19.3 Å². The van der Waals surface area contributed by atoms with Crippen LogP contribution in [0.1, 0.15) is 34.0 Å². The fourth-order valence-corrected chi connectivity index (χ4v) is 3.26. The van der Waals surface area contributed by atoms with Crippen molar-refractivity contribution in [2.45, 2.75) is 25.6 Å². The molecule has 0 bridgehead atoms. The number of carbonyl (C=O) groups excluding carboxylic acids is 2. The Hall–Kier alpha value is -3.22. The van der Waals surface area contributed by atoms with Gasteiger partial charge in [0.15, 0.2) is 0 Å². The normalized spacial score (nSPS) is 15.7. The van der Waals surface area contributed by atoms with Crippen LogP contribution < -0.4 is 10.8 Å². The second-order valence-electron chi connectivity index (χ2n) is 7.58. The lowest BCUT2D eigenvalue weighted by atomic mass is 10.1. The molecule has 1 aliphatic rings. The first-order chi connectivity index (χ1) is 15.5. The number of nitrogens with one attached hydrogen (secondary N) is 2. The van der Waals surface area contributed by atoms with Crippen molar-refractivity contribution in [3.8, 4) is 11.8 Å². The molecule has 2 atom stereocenters. The van der Waals surface area contributed by atoms with Crippen molar-refractivity contribution < 1.29 is 24.6 Å². The van der Waals surface area contributed by atoms with Crippen LogP contribution in [0.25, 0.3) is 0 Å². The van der Waals surface area contributed by atoms with Gasteiger partial charge in [-0.1, -0.05) is 24.0 Å². The zero-order valence-electron chi connectivity index (χ0n) is 17.9. The minimum atomic E-state index is -1.27. The summed E-state index contributed by atoms with van der Waals surface area (Å²) in [6, 6.07) is 13.5. The minimum absolute atomic E-state index is 0.305. The van der Waals surface area contributed by atoms with Gasteiger partial charge in [0, 0.05) is 36.3 Å². The molecule has 0 saturated carbocycles. The molecule has 1 heterocycles. The van der Waals surface area contributed by atoms with Gasteiger partial charge in [-0.05, 0) is 48.9 Å². The lowest BCUT2D eigenvalue weighted by Gasteiger charge is -2.26. The first kappa shape index (κ1) is 23.4. The summed E-state index contributed by atoms with van der Waals surface area (Å²) in [5.74, 6) is 4.74. The molecule has 3 rings (SSSR count). The number of morpholine rings is 1. The van der Waals surface area contributed by atoms with Crippen molar-refractivity contribution in [3.05, 3.63) is 70.8 Å². The van der Waals surface area contributed by atoms with Crippen LogP contribution >= 0.6 is 0 Å². The van der Waals surface area contributed by atoms with Gasteiger partial charge in [-0.25, -0.2) is 5.48 Å². The number of carbonyl (C=O) groups is 2. The molecule has 4 N–H and O–H groups in total. The molecule has 0 spiro atoms. The maximum Gasteiger partial charge on any atom is 0.268 e. The smallest absolute Gasteiger partial charge is 0.268 e. The minimum Gasteiger partial charge on any atom is -0.391 e. The van der Waals surface area contributed by atoms with E-state index in [0.717, 1.165) is 44.0 Å². The summed E-state index contributed by atoms with van der Waals surface area (Å²) in [4.78, 5) is 26.2. The third-order valence-electron chi connectivity index (χ3n) is 5.12. The molecule has 2 aromatic rings. The fraction of sp³-hybridized carbons (Fsp3) is 0.333. The summed E-state index contributed by atoms with van der Waals surface area (Å²) in [6.45, 7) is 5.70. The monoisotopic (exact) mass is 437 g/mol. The van der Waals surface area contributed by atoms with E-state index in [1.165, 1.54) is 18.0 Å². The Labute approximate surface area is 187 Å². The van der Waals surface area contributed by atoms with Gasteiger partial charge in [0.1, 0.15) is 6.04 Å². The first-order valence-electron chi connectivity index (χ1n) is 10.4. The van der Waals surface area contributed by atoms with Crippen LogP contribution in [0.15, 0.2) is 48.5 Å². The van der Waals surface area contributed by atoms with E-state index in [2.05, 4.69) is 34.2 Å². The molecule has 32 heavy (non-hydrogen) atoms. The van der Waals surface area contributed by atoms with Crippen LogP contribution in [0.4, 0.5) is 0 Å². The largest absolute Gasteiger partial charge is 0.391 e. The Morgan fingerprint density at radius 1 is 1.03 bits per heavy atom. The number of rotatable bonds is 6. The summed E-state index contributed by atoms with van der Waals surface area (Å²) >= 11 is 0. The lowest BCUT2D eigenvalue weighted by Crippen LogP contribution is -2.51. The molecule has 1 saturated heterocycles. The van der Waals surface area contributed by atoms with E-state index in [9.17, 15) is 14.7 Å². The topological polar surface area (TPSA) is 111 Å². The van der Waals surface area contributed by atoms with Gasteiger partial charge in [-0.3, -0.25) is 19.7 Å². The molecule has 0 aliphatic carbocycles. The number of ether oxygens (including phenoxy) is 1. The number of nitrogens with zero attached hydrogens (tertiary/aromatic N) is 1. The maximum absolute atomic E-state index is 12.3. The highest BCUT2D eigenvalue weighted by Crippen LogP contribution is 2.10. The molecule has 0 radical (unpaired) electrons. The van der Waals surface area contributed by atoms with Gasteiger partial charge in [0.25, 0.3) is 11.8 Å². The van der Waals surface area contributed by atoms with Crippen LogP contribution in [-0.2, 0) is 16.1 Å². The third kappa shape index (κ3) is 6.64. The highest BCUT2D eigenvalue weighted by molar-refractivity contribution is 5.97. The Kier molecular flexibility index (Phi) is 8.36. The van der Waals surface area contributed by atoms with Crippen LogP contribution in [0, 0.1) is 11.8 Å². The van der Waals surface area contributed by atoms with E-state index in [1.807, 2.05) is 12.1 Å². The third-order valence-corrected chi connectivity index (χ3v) is 5.12. The Morgan fingerprint density at radius 3 is 2.12 bits per heavy atom. The van der Waals surface area contributed by atoms with Crippen LogP contribution in [0.2, 0.25) is 0 Å². The Balaban J connectivity index is 1.58. The first-order valence-corrected chi connectivity index (χ1v) is 10.4. The van der Waals surface area contributed by atoms with Gasteiger partial charge < -0.3 is 15.2 Å². The highest BCUT2D eigenvalue weighted by Gasteiger charge is 2.25. The number of benzene rings is 2. The second kappa shape index (κ2) is 11.4. The number of hydroxylamine groups is 1. The van der Waals surface area contributed by atoms with Gasteiger partial charge >= 0.3 is 0 Å². The van der Waals surface area contributed by atoms with Crippen molar-refractivity contribution in [3.63, 3.8) is 0 Å². The van der Waals surface area contributed by atoms with E-state index in [-0.39, 0.29) is 0 Å². The van der Waals surface area contributed by atoms with E-state index in [1.54, 1.807) is 24.3 Å². The molecule has 1 aliphatic heterocycles. The van der Waals surface area contributed by atoms with Crippen molar-refractivity contribution >= 4 is 11.8 Å². The van der Waals surface area contributed by atoms with Gasteiger partial charge in [-0.2, -0.15) is 0 Å². The zero-order chi connectivity index (χ0) is 22.9. The Morgan fingerprint density at radius 2 is 1.59 bits per heavy atom. The molecule has 1 fully saturated rings. The maximum atomic E-state index is 12.3.